The summed E-state index contributed by atoms with van der Waals surface area (Å²) in [4.78, 5) is 100. The lowest BCUT2D eigenvalue weighted by Crippen LogP contribution is -2.62. The maximum atomic E-state index is 14.8. The van der Waals surface area contributed by atoms with E-state index >= 15 is 0 Å². The number of cyclic esters (lactones) is 1. The zero-order chi connectivity index (χ0) is 41.0. The Bertz CT molecular complexity index is 1880. The number of carbonyl (C=O) groups excluding carboxylic acids is 7. The van der Waals surface area contributed by atoms with Crippen LogP contribution in [0.5, 0.6) is 0 Å². The van der Waals surface area contributed by atoms with E-state index in [2.05, 4.69) is 16.0 Å². The molecule has 3 unspecified atom stereocenters. The van der Waals surface area contributed by atoms with Crippen molar-refractivity contribution in [3.05, 3.63) is 70.8 Å². The maximum absolute atomic E-state index is 14.8. The molecule has 4 fully saturated rings. The smallest absolute Gasteiger partial charge is 0.329 e. The molecule has 0 radical (unpaired) electrons. The summed E-state index contributed by atoms with van der Waals surface area (Å²) in [6.45, 7) is 2.34. The number of esters is 1. The predicted octanol–water partition coefficient (Wildman–Crippen LogP) is 1.40. The third-order valence-electron chi connectivity index (χ3n) is 10.9. The Morgan fingerprint density at radius 2 is 1.51 bits per heavy atom. The van der Waals surface area contributed by atoms with Crippen LogP contribution in [0.3, 0.4) is 0 Å². The van der Waals surface area contributed by atoms with Gasteiger partial charge in [-0.05, 0) is 69.2 Å². The fourth-order valence-corrected chi connectivity index (χ4v) is 8.04. The Morgan fingerprint density at radius 1 is 0.842 bits per heavy atom. The number of ether oxygens (including phenoxy) is 1. The minimum atomic E-state index is -1.66. The average Bonchev–Trinajstić information content (AvgIpc) is 3.82. The fourth-order valence-electron chi connectivity index (χ4n) is 8.04. The number of rotatable bonds is 7. The summed E-state index contributed by atoms with van der Waals surface area (Å²) < 4.78 is 48.9. The molecule has 2 aromatic carbocycles. The second kappa shape index (κ2) is 17.8. The summed E-state index contributed by atoms with van der Waals surface area (Å²) in [6.07, 6.45) is -0.400. The molecule has 0 aromatic heterocycles. The molecule has 306 valence electrons. The number of benzene rings is 2. The number of hydrogen-bond donors (Lipinski definition) is 3. The number of piperidine rings is 1. The van der Waals surface area contributed by atoms with Gasteiger partial charge in [0, 0.05) is 32.0 Å². The predicted molar refractivity (Wildman–Crippen MR) is 196 cm³/mol. The van der Waals surface area contributed by atoms with Gasteiger partial charge in [0.05, 0.1) is 13.0 Å². The Morgan fingerprint density at radius 3 is 2.23 bits per heavy atom. The number of nitrogens with one attached hydrogen (secondary N) is 3. The van der Waals surface area contributed by atoms with Gasteiger partial charge in [-0.3, -0.25) is 28.8 Å². The molecule has 7 atom stereocenters. The molecule has 4 heterocycles. The minimum absolute atomic E-state index is 0.0188. The first kappa shape index (κ1) is 41.2. The molecular formula is C40H47F3N6O8. The molecule has 17 heteroatoms. The number of halogens is 3. The van der Waals surface area contributed by atoms with Crippen molar-refractivity contribution in [1.29, 1.82) is 0 Å². The van der Waals surface area contributed by atoms with E-state index in [0.717, 1.165) is 22.6 Å². The molecule has 6 rings (SSSR count). The molecule has 6 amide bonds. The van der Waals surface area contributed by atoms with Gasteiger partial charge in [-0.1, -0.05) is 29.8 Å². The lowest BCUT2D eigenvalue weighted by atomic mass is 9.99. The second-order valence-electron chi connectivity index (χ2n) is 15.3. The van der Waals surface area contributed by atoms with Gasteiger partial charge in [0.1, 0.15) is 60.7 Å². The van der Waals surface area contributed by atoms with Crippen molar-refractivity contribution >= 4 is 41.4 Å². The van der Waals surface area contributed by atoms with Gasteiger partial charge in [-0.2, -0.15) is 0 Å². The number of nitrogens with zero attached hydrogens (tertiary/aromatic N) is 3. The van der Waals surface area contributed by atoms with Crippen LogP contribution in [0, 0.1) is 18.6 Å². The molecule has 0 saturated carbocycles. The summed E-state index contributed by atoms with van der Waals surface area (Å²) in [5.74, 6) is -7.13. The summed E-state index contributed by atoms with van der Waals surface area (Å²) in [6, 6.07) is 1.99. The molecule has 3 N–H and O–H groups in total. The Kier molecular flexibility index (Phi) is 12.8. The number of carbonyl (C=O) groups is 7. The lowest BCUT2D eigenvalue weighted by Gasteiger charge is -2.39. The second-order valence-corrected chi connectivity index (χ2v) is 15.3. The molecular weight excluding hydrogens is 749 g/mol. The quantitative estimate of drug-likeness (QED) is 0.353. The molecule has 0 spiro atoms. The van der Waals surface area contributed by atoms with Gasteiger partial charge in [-0.25, -0.2) is 18.0 Å². The molecule has 4 aliphatic heterocycles. The third-order valence-corrected chi connectivity index (χ3v) is 10.9. The van der Waals surface area contributed by atoms with Crippen LogP contribution in [0.25, 0.3) is 0 Å². The highest BCUT2D eigenvalue weighted by molar-refractivity contribution is 5.98. The van der Waals surface area contributed by atoms with Gasteiger partial charge in [-0.15, -0.1) is 0 Å². The highest BCUT2D eigenvalue weighted by Crippen LogP contribution is 2.27. The van der Waals surface area contributed by atoms with Crippen LogP contribution >= 0.6 is 0 Å². The average molecular weight is 797 g/mol. The maximum Gasteiger partial charge on any atom is 0.329 e. The summed E-state index contributed by atoms with van der Waals surface area (Å²) >= 11 is 0. The van der Waals surface area contributed by atoms with Crippen molar-refractivity contribution in [2.45, 2.75) is 108 Å². The van der Waals surface area contributed by atoms with Crippen molar-refractivity contribution in [1.82, 2.24) is 30.7 Å². The van der Waals surface area contributed by atoms with Gasteiger partial charge in [0.15, 0.2) is 0 Å². The molecule has 14 nitrogen and oxygen atoms in total. The first-order valence-corrected chi connectivity index (χ1v) is 19.3. The number of alkyl halides is 1. The largest absolute Gasteiger partial charge is 0.461 e. The first-order chi connectivity index (χ1) is 27.2. The molecule has 0 bridgehead atoms. The Balaban J connectivity index is 1.31. The fraction of sp³-hybridized carbons (Fsp3) is 0.525. The number of amides is 6. The highest BCUT2D eigenvalue weighted by Gasteiger charge is 2.46. The van der Waals surface area contributed by atoms with Crippen LogP contribution in [0.4, 0.5) is 13.2 Å². The molecule has 4 saturated heterocycles. The van der Waals surface area contributed by atoms with Crippen molar-refractivity contribution in [3.63, 3.8) is 0 Å². The van der Waals surface area contributed by atoms with Crippen molar-refractivity contribution in [3.8, 4) is 0 Å². The molecule has 57 heavy (non-hydrogen) atoms. The van der Waals surface area contributed by atoms with Crippen LogP contribution < -0.4 is 16.0 Å². The van der Waals surface area contributed by atoms with E-state index in [-0.39, 0.29) is 31.5 Å². The summed E-state index contributed by atoms with van der Waals surface area (Å²) in [5.41, 5.74) is 1.60. The third kappa shape index (κ3) is 9.74. The Labute approximate surface area is 327 Å². The van der Waals surface area contributed by atoms with Crippen LogP contribution in [-0.4, -0.2) is 125 Å². The van der Waals surface area contributed by atoms with Crippen molar-refractivity contribution < 1.29 is 51.5 Å². The van der Waals surface area contributed by atoms with E-state index in [0.29, 0.717) is 37.3 Å². The van der Waals surface area contributed by atoms with Crippen molar-refractivity contribution in [2.75, 3.05) is 26.2 Å². The van der Waals surface area contributed by atoms with Crippen molar-refractivity contribution in [2.24, 2.45) is 0 Å². The highest BCUT2D eigenvalue weighted by atomic mass is 19.1. The number of aryl methyl sites for hydroxylation is 1. The van der Waals surface area contributed by atoms with Crippen LogP contribution in [0.1, 0.15) is 62.1 Å². The number of hydrogen-bond acceptors (Lipinski definition) is 8. The van der Waals surface area contributed by atoms with Gasteiger partial charge in [0.2, 0.25) is 35.4 Å². The normalized spacial score (nSPS) is 26.5. The number of fused-ring (bicyclic) bond motifs is 3. The zero-order valence-electron chi connectivity index (χ0n) is 31.8. The van der Waals surface area contributed by atoms with Gasteiger partial charge < -0.3 is 35.4 Å². The topological polar surface area (TPSA) is 175 Å². The SMILES string of the molecule is Cc1ccc(CC(=O)N[C@@H](Cc2cc(F)cc(F)c2)C(=O)N[C@H]2COC(=O)C3C[C@H](F)CN3C(=O)[C@H](C)NC(=O)C3CCCCN3C(=O)C3CCCN3C2=O)cc1. The van der Waals surface area contributed by atoms with Crippen LogP contribution in [0.2, 0.25) is 0 Å². The lowest BCUT2D eigenvalue weighted by molar-refractivity contribution is -0.158. The van der Waals surface area contributed by atoms with Crippen LogP contribution in [-0.2, 0) is 51.1 Å². The Hall–Kier alpha value is -5.48. The minimum Gasteiger partial charge on any atom is -0.461 e. The standard InChI is InChI=1S/C40H47F3N6O8/c1-22-8-10-24(11-9-22)17-34(50)45-29(16-25-14-26(41)18-27(42)15-25)35(51)46-30-21-57-40(56)33-19-28(43)20-49(33)37(53)23(2)44-36(52)31-6-3-4-12-47(31)39(55)32-7-5-13-48(32)38(30)54/h8-11,14-15,18,23,28-33H,3-7,12-13,16-17,19-21H2,1-2H3,(H,44,52)(H,45,50)(H,46,51)/t23-,28-,29-,30-,31?,32?,33?/m0/s1. The first-order valence-electron chi connectivity index (χ1n) is 19.3. The van der Waals surface area contributed by atoms with E-state index in [9.17, 15) is 46.7 Å². The molecule has 2 aromatic rings. The van der Waals surface area contributed by atoms with E-state index in [1.165, 1.54) is 16.7 Å². The van der Waals surface area contributed by atoms with Gasteiger partial charge >= 0.3 is 5.97 Å². The van der Waals surface area contributed by atoms with E-state index in [1.807, 2.05) is 6.92 Å². The zero-order valence-corrected chi connectivity index (χ0v) is 31.8. The summed E-state index contributed by atoms with van der Waals surface area (Å²) in [7, 11) is 0. The van der Waals surface area contributed by atoms with E-state index < -0.39 is 121 Å². The molecule has 0 aliphatic carbocycles. The van der Waals surface area contributed by atoms with Crippen LogP contribution in [0.15, 0.2) is 42.5 Å². The van der Waals surface area contributed by atoms with Gasteiger partial charge in [0.25, 0.3) is 0 Å². The molecule has 4 aliphatic rings. The monoisotopic (exact) mass is 796 g/mol. The summed E-state index contributed by atoms with van der Waals surface area (Å²) in [5, 5.41) is 7.77. The van der Waals surface area contributed by atoms with E-state index in [1.54, 1.807) is 24.3 Å². The van der Waals surface area contributed by atoms with E-state index in [4.69, 9.17) is 4.74 Å².